The predicted octanol–water partition coefficient (Wildman–Crippen LogP) is 5.50. The van der Waals surface area contributed by atoms with Crippen LogP contribution < -0.4 is 15.4 Å². The van der Waals surface area contributed by atoms with Gasteiger partial charge in [0.05, 0.1) is 17.8 Å². The zero-order chi connectivity index (χ0) is 19.8. The van der Waals surface area contributed by atoms with E-state index >= 15 is 0 Å². The van der Waals surface area contributed by atoms with Crippen molar-refractivity contribution in [2.75, 3.05) is 17.7 Å². The van der Waals surface area contributed by atoms with Gasteiger partial charge in [-0.3, -0.25) is 9.59 Å². The topological polar surface area (TPSA) is 67.4 Å². The molecule has 0 unspecified atom stereocenters. The van der Waals surface area contributed by atoms with Gasteiger partial charge in [0.15, 0.2) is 0 Å². The molecule has 2 aromatic carbocycles. The van der Waals surface area contributed by atoms with Crippen LogP contribution in [0.4, 0.5) is 11.4 Å². The quantitative estimate of drug-likeness (QED) is 0.546. The van der Waals surface area contributed by atoms with E-state index in [0.717, 1.165) is 16.5 Å². The lowest BCUT2D eigenvalue weighted by Gasteiger charge is -2.09. The number of hydrogen-bond acceptors (Lipinski definition) is 3. The molecule has 0 atom stereocenters. The molecule has 2 amide bonds. The van der Waals surface area contributed by atoms with Crippen LogP contribution >= 0.6 is 27.5 Å². The average molecular weight is 452 g/mol. The van der Waals surface area contributed by atoms with E-state index in [9.17, 15) is 9.59 Å². The van der Waals surface area contributed by atoms with Crippen LogP contribution in [0.1, 0.15) is 25.3 Å². The first-order chi connectivity index (χ1) is 12.9. The molecular weight excluding hydrogens is 432 g/mol. The first-order valence-corrected chi connectivity index (χ1v) is 9.52. The van der Waals surface area contributed by atoms with Gasteiger partial charge in [-0.25, -0.2) is 0 Å². The number of carbonyl (C=O) groups is 2. The van der Waals surface area contributed by atoms with Crippen molar-refractivity contribution in [1.29, 1.82) is 0 Å². The summed E-state index contributed by atoms with van der Waals surface area (Å²) in [5.74, 6) is 0.218. The lowest BCUT2D eigenvalue weighted by Crippen LogP contribution is -2.12. The van der Waals surface area contributed by atoms with Crippen molar-refractivity contribution < 1.29 is 14.3 Å². The van der Waals surface area contributed by atoms with Crippen LogP contribution in [0.25, 0.3) is 6.08 Å². The maximum Gasteiger partial charge on any atom is 0.248 e. The van der Waals surface area contributed by atoms with Crippen molar-refractivity contribution >= 4 is 56.8 Å². The van der Waals surface area contributed by atoms with Crippen LogP contribution in [-0.2, 0) is 9.59 Å². The Kier molecular flexibility index (Phi) is 7.88. The van der Waals surface area contributed by atoms with Crippen LogP contribution in [0.2, 0.25) is 5.02 Å². The van der Waals surface area contributed by atoms with E-state index in [0.29, 0.717) is 28.6 Å². The first-order valence-electron chi connectivity index (χ1n) is 8.35. The molecule has 0 aliphatic heterocycles. The molecule has 5 nitrogen and oxygen atoms in total. The molecule has 142 valence electrons. The molecule has 2 aromatic rings. The molecule has 7 heteroatoms. The second-order valence-corrected chi connectivity index (χ2v) is 7.02. The van der Waals surface area contributed by atoms with Crippen molar-refractivity contribution in [3.05, 3.63) is 57.5 Å². The standard InChI is InChI=1S/C20H20BrClN2O3/c1-3-4-19(25)23-15-7-8-16(22)17(12-15)24-20(26)10-5-13-11-14(21)6-9-18(13)27-2/h5-12H,3-4H2,1-2H3,(H,23,25)(H,24,26)/b10-5+. The summed E-state index contributed by atoms with van der Waals surface area (Å²) in [4.78, 5) is 24.0. The number of nitrogens with one attached hydrogen (secondary N) is 2. The van der Waals surface area contributed by atoms with Gasteiger partial charge >= 0.3 is 0 Å². The highest BCUT2D eigenvalue weighted by atomic mass is 79.9. The molecule has 27 heavy (non-hydrogen) atoms. The fourth-order valence-corrected chi connectivity index (χ4v) is 2.87. The summed E-state index contributed by atoms with van der Waals surface area (Å²) in [5.41, 5.74) is 1.75. The number of methoxy groups -OCH3 is 1. The third-order valence-corrected chi connectivity index (χ3v) is 4.41. The van der Waals surface area contributed by atoms with Gasteiger partial charge in [-0.1, -0.05) is 34.5 Å². The molecule has 0 fully saturated rings. The van der Waals surface area contributed by atoms with E-state index in [-0.39, 0.29) is 11.8 Å². The molecule has 0 aliphatic carbocycles. The number of rotatable bonds is 7. The van der Waals surface area contributed by atoms with Gasteiger partial charge in [0.1, 0.15) is 5.75 Å². The molecule has 2 N–H and O–H groups in total. The van der Waals surface area contributed by atoms with Gasteiger partial charge < -0.3 is 15.4 Å². The van der Waals surface area contributed by atoms with Crippen LogP contribution in [0, 0.1) is 0 Å². The minimum atomic E-state index is -0.351. The highest BCUT2D eigenvalue weighted by Gasteiger charge is 2.08. The van der Waals surface area contributed by atoms with E-state index in [1.165, 1.54) is 6.08 Å². The molecule has 0 bridgehead atoms. The third-order valence-electron chi connectivity index (χ3n) is 3.59. The Bertz CT molecular complexity index is 868. The van der Waals surface area contributed by atoms with E-state index in [4.69, 9.17) is 16.3 Å². The molecular formula is C20H20BrClN2O3. The highest BCUT2D eigenvalue weighted by Crippen LogP contribution is 2.27. The maximum atomic E-state index is 12.3. The second kappa shape index (κ2) is 10.1. The van der Waals surface area contributed by atoms with Gasteiger partial charge in [-0.15, -0.1) is 0 Å². The molecule has 0 saturated heterocycles. The van der Waals surface area contributed by atoms with Crippen molar-refractivity contribution in [3.63, 3.8) is 0 Å². The zero-order valence-corrected chi connectivity index (χ0v) is 17.4. The van der Waals surface area contributed by atoms with Gasteiger partial charge in [0.2, 0.25) is 11.8 Å². The van der Waals surface area contributed by atoms with Gasteiger partial charge in [-0.2, -0.15) is 0 Å². The predicted molar refractivity (Wildman–Crippen MR) is 113 cm³/mol. The number of anilines is 2. The first kappa shape index (κ1) is 21.0. The Balaban J connectivity index is 2.11. The highest BCUT2D eigenvalue weighted by molar-refractivity contribution is 9.10. The number of halogens is 2. The molecule has 0 spiro atoms. The summed E-state index contributed by atoms with van der Waals surface area (Å²) in [6.07, 6.45) is 4.23. The van der Waals surface area contributed by atoms with E-state index < -0.39 is 0 Å². The van der Waals surface area contributed by atoms with Crippen LogP contribution in [0.15, 0.2) is 46.9 Å². The van der Waals surface area contributed by atoms with E-state index in [1.807, 2.05) is 19.1 Å². The smallest absolute Gasteiger partial charge is 0.248 e. The molecule has 2 rings (SSSR count). The summed E-state index contributed by atoms with van der Waals surface area (Å²) in [6, 6.07) is 10.4. The van der Waals surface area contributed by atoms with Crippen molar-refractivity contribution in [1.82, 2.24) is 0 Å². The Morgan fingerprint density at radius 3 is 2.67 bits per heavy atom. The van der Waals surface area contributed by atoms with Crippen molar-refractivity contribution in [2.24, 2.45) is 0 Å². The van der Waals surface area contributed by atoms with Gasteiger partial charge in [0.25, 0.3) is 0 Å². The van der Waals surface area contributed by atoms with Crippen LogP contribution in [0.3, 0.4) is 0 Å². The number of amides is 2. The van der Waals surface area contributed by atoms with Gasteiger partial charge in [0, 0.05) is 28.2 Å². The molecule has 0 radical (unpaired) electrons. The normalized spacial score (nSPS) is 10.7. The molecule has 0 aliphatic rings. The van der Waals surface area contributed by atoms with Gasteiger partial charge in [-0.05, 0) is 48.9 Å². The summed E-state index contributed by atoms with van der Waals surface area (Å²) in [6.45, 7) is 1.93. The number of hydrogen-bond donors (Lipinski definition) is 2. The average Bonchev–Trinajstić information content (AvgIpc) is 2.63. The number of ether oxygens (including phenoxy) is 1. The monoisotopic (exact) mass is 450 g/mol. The Morgan fingerprint density at radius 2 is 1.96 bits per heavy atom. The maximum absolute atomic E-state index is 12.3. The number of benzene rings is 2. The zero-order valence-electron chi connectivity index (χ0n) is 15.0. The minimum absolute atomic E-state index is 0.0845. The van der Waals surface area contributed by atoms with E-state index in [2.05, 4.69) is 26.6 Å². The fourth-order valence-electron chi connectivity index (χ4n) is 2.32. The Hall–Kier alpha value is -2.31. The second-order valence-electron chi connectivity index (χ2n) is 5.70. The summed E-state index contributed by atoms with van der Waals surface area (Å²) < 4.78 is 6.15. The molecule has 0 heterocycles. The molecule has 0 saturated carbocycles. The fraction of sp³-hybridized carbons (Fsp3) is 0.200. The third kappa shape index (κ3) is 6.41. The summed E-state index contributed by atoms with van der Waals surface area (Å²) in [7, 11) is 1.57. The minimum Gasteiger partial charge on any atom is -0.496 e. The van der Waals surface area contributed by atoms with Crippen LogP contribution in [-0.4, -0.2) is 18.9 Å². The SMILES string of the molecule is CCCC(=O)Nc1ccc(Cl)c(NC(=O)/C=C/c2cc(Br)ccc2OC)c1. The summed E-state index contributed by atoms with van der Waals surface area (Å²) >= 11 is 9.54. The van der Waals surface area contributed by atoms with E-state index in [1.54, 1.807) is 37.5 Å². The summed E-state index contributed by atoms with van der Waals surface area (Å²) in [5, 5.41) is 5.87. The lowest BCUT2D eigenvalue weighted by molar-refractivity contribution is -0.116. The number of carbonyl (C=O) groups excluding carboxylic acids is 2. The largest absolute Gasteiger partial charge is 0.496 e. The Labute approximate surface area is 171 Å². The lowest BCUT2D eigenvalue weighted by atomic mass is 10.2. The Morgan fingerprint density at radius 1 is 1.19 bits per heavy atom. The van der Waals surface area contributed by atoms with Crippen LogP contribution in [0.5, 0.6) is 5.75 Å². The van der Waals surface area contributed by atoms with Crippen molar-refractivity contribution in [2.45, 2.75) is 19.8 Å². The van der Waals surface area contributed by atoms with Crippen molar-refractivity contribution in [3.8, 4) is 5.75 Å². The molecule has 0 aromatic heterocycles.